The van der Waals surface area contributed by atoms with Crippen LogP contribution in [0.25, 0.3) is 11.4 Å². The first kappa shape index (κ1) is 19.6. The number of halogens is 1. The standard InChI is InChI=1S/C19H18FN5O2S/c1-11(26)13-6-8-16(9-7-13)22-18(27)12(2)28-19-24-23-17(25(19)21)14-4-3-5-15(20)10-14/h3-10,12H,21H2,1-2H3,(H,22,27)/t12-/m0/s1. The van der Waals surface area contributed by atoms with Gasteiger partial charge in [0.1, 0.15) is 5.82 Å². The molecule has 144 valence electrons. The van der Waals surface area contributed by atoms with Crippen LogP contribution < -0.4 is 11.2 Å². The highest BCUT2D eigenvalue weighted by Gasteiger charge is 2.20. The Balaban J connectivity index is 1.68. The number of carbonyl (C=O) groups excluding carboxylic acids is 2. The van der Waals surface area contributed by atoms with Crippen LogP contribution in [0.2, 0.25) is 0 Å². The number of amides is 1. The number of benzene rings is 2. The molecule has 1 amide bonds. The second-order valence-corrected chi connectivity index (χ2v) is 7.38. The van der Waals surface area contributed by atoms with Gasteiger partial charge in [0, 0.05) is 16.8 Å². The van der Waals surface area contributed by atoms with E-state index in [9.17, 15) is 14.0 Å². The fourth-order valence-corrected chi connectivity index (χ4v) is 3.20. The highest BCUT2D eigenvalue weighted by molar-refractivity contribution is 8.00. The molecule has 0 aliphatic rings. The Labute approximate surface area is 165 Å². The van der Waals surface area contributed by atoms with Crippen molar-refractivity contribution in [2.24, 2.45) is 0 Å². The topological polar surface area (TPSA) is 103 Å². The van der Waals surface area contributed by atoms with Crippen LogP contribution in [-0.2, 0) is 4.79 Å². The molecule has 0 saturated heterocycles. The molecule has 0 radical (unpaired) electrons. The summed E-state index contributed by atoms with van der Waals surface area (Å²) in [6.07, 6.45) is 0. The lowest BCUT2D eigenvalue weighted by Crippen LogP contribution is -2.23. The Bertz CT molecular complexity index is 1020. The zero-order chi connectivity index (χ0) is 20.3. The molecule has 28 heavy (non-hydrogen) atoms. The number of nitrogen functional groups attached to an aromatic ring is 1. The number of nitrogens with two attached hydrogens (primary N) is 1. The minimum Gasteiger partial charge on any atom is -0.335 e. The van der Waals surface area contributed by atoms with E-state index >= 15 is 0 Å². The van der Waals surface area contributed by atoms with E-state index in [-0.39, 0.29) is 11.7 Å². The number of anilines is 1. The largest absolute Gasteiger partial charge is 0.335 e. The molecule has 7 nitrogen and oxygen atoms in total. The molecule has 9 heteroatoms. The molecule has 0 unspecified atom stereocenters. The van der Waals surface area contributed by atoms with Crippen molar-refractivity contribution < 1.29 is 14.0 Å². The predicted molar refractivity (Wildman–Crippen MR) is 106 cm³/mol. The van der Waals surface area contributed by atoms with Gasteiger partial charge >= 0.3 is 0 Å². The van der Waals surface area contributed by atoms with E-state index in [2.05, 4.69) is 15.5 Å². The van der Waals surface area contributed by atoms with E-state index in [1.54, 1.807) is 43.3 Å². The first-order valence-electron chi connectivity index (χ1n) is 8.40. The van der Waals surface area contributed by atoms with Crippen LogP contribution in [0, 0.1) is 5.82 Å². The minimum atomic E-state index is -0.514. The summed E-state index contributed by atoms with van der Waals surface area (Å²) in [6, 6.07) is 12.5. The van der Waals surface area contributed by atoms with Gasteiger partial charge in [-0.05, 0) is 50.2 Å². The highest BCUT2D eigenvalue weighted by Crippen LogP contribution is 2.25. The number of nitrogens with zero attached hydrogens (tertiary/aromatic N) is 3. The Hall–Kier alpha value is -3.20. The lowest BCUT2D eigenvalue weighted by Gasteiger charge is -2.12. The van der Waals surface area contributed by atoms with Crippen LogP contribution in [0.4, 0.5) is 10.1 Å². The molecule has 3 rings (SSSR count). The average molecular weight is 399 g/mol. The van der Waals surface area contributed by atoms with Crippen LogP contribution in [0.3, 0.4) is 0 Å². The Morgan fingerprint density at radius 3 is 2.54 bits per heavy atom. The maximum absolute atomic E-state index is 13.4. The molecule has 3 N–H and O–H groups in total. The number of nitrogens with one attached hydrogen (secondary N) is 1. The van der Waals surface area contributed by atoms with Gasteiger partial charge in [0.2, 0.25) is 11.1 Å². The fraction of sp³-hybridized carbons (Fsp3) is 0.158. The van der Waals surface area contributed by atoms with E-state index in [0.717, 1.165) is 11.8 Å². The molecular weight excluding hydrogens is 381 g/mol. The maximum Gasteiger partial charge on any atom is 0.237 e. The van der Waals surface area contributed by atoms with Crippen LogP contribution in [-0.4, -0.2) is 31.8 Å². The number of ketones is 1. The molecule has 2 aromatic carbocycles. The van der Waals surface area contributed by atoms with Gasteiger partial charge in [-0.25, -0.2) is 9.07 Å². The molecular formula is C19H18FN5O2S. The van der Waals surface area contributed by atoms with Gasteiger partial charge in [-0.2, -0.15) is 0 Å². The average Bonchev–Trinajstić information content (AvgIpc) is 3.02. The van der Waals surface area contributed by atoms with Crippen molar-refractivity contribution in [2.75, 3.05) is 11.2 Å². The van der Waals surface area contributed by atoms with E-state index in [1.165, 1.54) is 23.7 Å². The molecule has 0 saturated carbocycles. The fourth-order valence-electron chi connectivity index (χ4n) is 2.43. The lowest BCUT2D eigenvalue weighted by molar-refractivity contribution is -0.115. The van der Waals surface area contributed by atoms with Crippen molar-refractivity contribution in [3.05, 3.63) is 59.9 Å². The molecule has 1 heterocycles. The summed E-state index contributed by atoms with van der Waals surface area (Å²) in [7, 11) is 0. The number of hydrogen-bond acceptors (Lipinski definition) is 6. The Kier molecular flexibility index (Phi) is 5.74. The van der Waals surface area contributed by atoms with Gasteiger partial charge in [-0.1, -0.05) is 23.9 Å². The summed E-state index contributed by atoms with van der Waals surface area (Å²) < 4.78 is 14.6. The van der Waals surface area contributed by atoms with Gasteiger partial charge in [-0.15, -0.1) is 10.2 Å². The van der Waals surface area contributed by atoms with Crippen molar-refractivity contribution in [1.29, 1.82) is 0 Å². The predicted octanol–water partition coefficient (Wildman–Crippen LogP) is 3.12. The van der Waals surface area contributed by atoms with Crippen LogP contribution in [0.15, 0.2) is 53.7 Å². The number of aromatic nitrogens is 3. The summed E-state index contributed by atoms with van der Waals surface area (Å²) in [5, 5.41) is 10.6. The first-order valence-corrected chi connectivity index (χ1v) is 9.28. The molecule has 0 fully saturated rings. The normalized spacial score (nSPS) is 11.8. The van der Waals surface area contributed by atoms with Crippen LogP contribution in [0.1, 0.15) is 24.2 Å². The zero-order valence-electron chi connectivity index (χ0n) is 15.2. The summed E-state index contributed by atoms with van der Waals surface area (Å²) in [6.45, 7) is 3.19. The third-order valence-corrected chi connectivity index (χ3v) is 5.01. The molecule has 0 aliphatic carbocycles. The van der Waals surface area contributed by atoms with Gasteiger partial charge < -0.3 is 11.2 Å². The smallest absolute Gasteiger partial charge is 0.237 e. The SMILES string of the molecule is CC(=O)c1ccc(NC(=O)[C@H](C)Sc2nnc(-c3cccc(F)c3)n2N)cc1. The van der Waals surface area contributed by atoms with Gasteiger partial charge in [0.05, 0.1) is 5.25 Å². The monoisotopic (exact) mass is 399 g/mol. The number of thioether (sulfide) groups is 1. The summed E-state index contributed by atoms with van der Waals surface area (Å²) in [4.78, 5) is 23.7. The van der Waals surface area contributed by atoms with Gasteiger partial charge in [0.25, 0.3) is 0 Å². The van der Waals surface area contributed by atoms with Crippen LogP contribution >= 0.6 is 11.8 Å². The quantitative estimate of drug-likeness (QED) is 0.375. The summed E-state index contributed by atoms with van der Waals surface area (Å²) in [5.74, 6) is 5.61. The van der Waals surface area contributed by atoms with E-state index in [4.69, 9.17) is 5.84 Å². The molecule has 3 aromatic rings. The Morgan fingerprint density at radius 1 is 1.18 bits per heavy atom. The van der Waals surface area contributed by atoms with Gasteiger partial charge in [0.15, 0.2) is 11.6 Å². The number of hydrogen-bond donors (Lipinski definition) is 2. The van der Waals surface area contributed by atoms with Crippen molar-refractivity contribution >= 4 is 29.1 Å². The van der Waals surface area contributed by atoms with E-state index in [0.29, 0.717) is 27.8 Å². The second-order valence-electron chi connectivity index (χ2n) is 6.07. The van der Waals surface area contributed by atoms with Crippen molar-refractivity contribution in [3.63, 3.8) is 0 Å². The third kappa shape index (κ3) is 4.37. The van der Waals surface area contributed by atoms with Crippen molar-refractivity contribution in [3.8, 4) is 11.4 Å². The summed E-state index contributed by atoms with van der Waals surface area (Å²) >= 11 is 1.13. The van der Waals surface area contributed by atoms with Crippen molar-refractivity contribution in [1.82, 2.24) is 14.9 Å². The molecule has 0 aliphatic heterocycles. The first-order chi connectivity index (χ1) is 13.3. The number of rotatable bonds is 6. The lowest BCUT2D eigenvalue weighted by atomic mass is 10.1. The summed E-state index contributed by atoms with van der Waals surface area (Å²) in [5.41, 5.74) is 1.64. The minimum absolute atomic E-state index is 0.0433. The Morgan fingerprint density at radius 2 is 1.89 bits per heavy atom. The number of Topliss-reactive ketones (excluding diaryl/α,β-unsaturated/α-hetero) is 1. The van der Waals surface area contributed by atoms with Crippen LogP contribution in [0.5, 0.6) is 0 Å². The third-order valence-electron chi connectivity index (χ3n) is 3.96. The van der Waals surface area contributed by atoms with Crippen molar-refractivity contribution in [2.45, 2.75) is 24.3 Å². The van der Waals surface area contributed by atoms with E-state index in [1.807, 2.05) is 0 Å². The molecule has 0 bridgehead atoms. The zero-order valence-corrected chi connectivity index (χ0v) is 16.0. The number of carbonyl (C=O) groups is 2. The van der Waals surface area contributed by atoms with E-state index < -0.39 is 11.1 Å². The van der Waals surface area contributed by atoms with Gasteiger partial charge in [-0.3, -0.25) is 9.59 Å². The molecule has 1 aromatic heterocycles. The maximum atomic E-state index is 13.4. The molecule has 0 spiro atoms. The highest BCUT2D eigenvalue weighted by atomic mass is 32.2. The second kappa shape index (κ2) is 8.22. The molecule has 1 atom stereocenters.